The maximum atomic E-state index is 7.37. The van der Waals surface area contributed by atoms with Crippen LogP contribution in [0, 0.1) is 18.8 Å². The molecular weight excluding hydrogens is 1220 g/mol. The summed E-state index contributed by atoms with van der Waals surface area (Å²) in [7, 11) is 0. The number of hydrogen-bond donors (Lipinski definition) is 0. The zero-order chi connectivity index (χ0) is 57.7. The van der Waals surface area contributed by atoms with Gasteiger partial charge in [0, 0.05) is 77.9 Å². The zero-order valence-electron chi connectivity index (χ0n) is 49.6. The molecule has 1 atom stereocenters. The minimum atomic E-state index is -0.766. The van der Waals surface area contributed by atoms with Gasteiger partial charge in [-0.1, -0.05) is 232 Å². The maximum Gasteiger partial charge on any atom is 0.135 e. The molecular formula is C79H67N4OPt-3. The summed E-state index contributed by atoms with van der Waals surface area (Å²) < 4.78 is 9.60. The number of aromatic nitrogens is 2. The van der Waals surface area contributed by atoms with Gasteiger partial charge in [-0.25, -0.2) is 4.98 Å². The van der Waals surface area contributed by atoms with Gasteiger partial charge < -0.3 is 19.1 Å². The van der Waals surface area contributed by atoms with E-state index in [9.17, 15) is 0 Å². The Bertz CT molecular complexity index is 4450. The van der Waals surface area contributed by atoms with Gasteiger partial charge in [0.15, 0.2) is 0 Å². The number of para-hydroxylation sites is 3. The van der Waals surface area contributed by atoms with Crippen molar-refractivity contribution in [3.05, 3.63) is 294 Å². The summed E-state index contributed by atoms with van der Waals surface area (Å²) in [5, 5.41) is 2.19. The van der Waals surface area contributed by atoms with E-state index in [1.165, 1.54) is 38.9 Å². The number of ether oxygens (including phenoxy) is 1. The first-order valence-corrected chi connectivity index (χ1v) is 29.3. The Balaban J connectivity index is 0.00000672. The standard InChI is InChI=1S/C79H67N4O.Pt/c1-76(2,3)55-37-40-69-67(45-55)62-31-19-21-33-68(62)79(69,54-29-17-12-18-30-54)58-43-59(49-61(44-58)84-60-38-39-64-63-32-20-22-34-70(63)83(73(64)50-60)74-48-56(41-42-80-74)77(4,5)6)81-51-82(72-36-24-23-35-71(72)81)75-65(52-25-13-10-14-26-52)46-57(78(7,8)9)47-66(75)53-27-15-11-16-28-53;/h10-48,51H,1-9H3;/q-3;. The second-order valence-electron chi connectivity index (χ2n) is 25.7. The molecule has 1 unspecified atom stereocenters. The quantitative estimate of drug-likeness (QED) is 0.135. The monoisotopic (exact) mass is 1280 g/mol. The van der Waals surface area contributed by atoms with E-state index >= 15 is 0 Å². The summed E-state index contributed by atoms with van der Waals surface area (Å²) >= 11 is 0. The fourth-order valence-corrected chi connectivity index (χ4v) is 12.9. The van der Waals surface area contributed by atoms with Gasteiger partial charge in [-0.2, -0.15) is 6.07 Å². The molecule has 14 rings (SSSR count). The van der Waals surface area contributed by atoms with Gasteiger partial charge in [-0.05, 0) is 120 Å². The molecule has 3 heterocycles. The van der Waals surface area contributed by atoms with E-state index in [0.29, 0.717) is 11.5 Å². The molecule has 0 bridgehead atoms. The first-order valence-electron chi connectivity index (χ1n) is 29.3. The average molecular weight is 1280 g/mol. The van der Waals surface area contributed by atoms with Crippen molar-refractivity contribution < 1.29 is 25.8 Å². The Morgan fingerprint density at radius 3 is 1.67 bits per heavy atom. The number of rotatable bonds is 9. The molecule has 10 aromatic carbocycles. The third kappa shape index (κ3) is 9.49. The number of nitrogens with zero attached hydrogens (tertiary/aromatic N) is 4. The van der Waals surface area contributed by atoms with Crippen molar-refractivity contribution in [3.63, 3.8) is 0 Å². The largest absolute Gasteiger partial charge is 0.509 e. The normalized spacial score (nSPS) is 14.7. The van der Waals surface area contributed by atoms with Crippen LogP contribution in [0.4, 0.5) is 22.7 Å². The van der Waals surface area contributed by atoms with Gasteiger partial charge in [0.05, 0.1) is 0 Å². The van der Waals surface area contributed by atoms with Crippen LogP contribution >= 0.6 is 0 Å². The molecule has 6 heteroatoms. The molecule has 0 saturated heterocycles. The van der Waals surface area contributed by atoms with Crippen LogP contribution in [0.2, 0.25) is 0 Å². The fourth-order valence-electron chi connectivity index (χ4n) is 12.9. The number of anilines is 4. The van der Waals surface area contributed by atoms with Crippen molar-refractivity contribution in [1.29, 1.82) is 0 Å². The van der Waals surface area contributed by atoms with E-state index in [2.05, 4.69) is 326 Å². The van der Waals surface area contributed by atoms with Crippen LogP contribution in [0.1, 0.15) is 101 Å². The van der Waals surface area contributed by atoms with Crippen LogP contribution in [0.5, 0.6) is 11.5 Å². The van der Waals surface area contributed by atoms with Gasteiger partial charge >= 0.3 is 0 Å². The Hall–Kier alpha value is -8.76. The molecule has 0 spiro atoms. The maximum absolute atomic E-state index is 7.37. The van der Waals surface area contributed by atoms with Crippen LogP contribution in [-0.4, -0.2) is 9.55 Å². The number of fused-ring (bicyclic) bond motifs is 7. The second kappa shape index (κ2) is 21.1. The molecule has 0 saturated carbocycles. The first kappa shape index (κ1) is 55.4. The number of hydrogen-bond acceptors (Lipinski definition) is 4. The SMILES string of the molecule is CC(C)(C)c1ccnc(-n2c3[c-]c(Oc4[c-]c(N5[CH-]N(c6c(-c7ccccc7)cc(C(C)(C)C)cc6-c6ccccc6)c6ccccc65)cc(C5(c6ccccc6)c6ccccc6-c6cc(C(C)(C)C)ccc65)c4)ccc3c3ccccc32)c1.[Pt]. The van der Waals surface area contributed by atoms with E-state index < -0.39 is 5.41 Å². The third-order valence-electron chi connectivity index (χ3n) is 17.3. The van der Waals surface area contributed by atoms with E-state index in [-0.39, 0.29) is 37.3 Å². The van der Waals surface area contributed by atoms with Crippen molar-refractivity contribution >= 4 is 44.6 Å². The number of benzene rings is 10. The van der Waals surface area contributed by atoms with Crippen LogP contribution in [0.3, 0.4) is 0 Å². The number of pyridine rings is 1. The second-order valence-corrected chi connectivity index (χ2v) is 25.7. The van der Waals surface area contributed by atoms with E-state index in [1.807, 2.05) is 6.20 Å². The molecule has 2 aromatic heterocycles. The summed E-state index contributed by atoms with van der Waals surface area (Å²) in [6, 6.07) is 91.9. The molecule has 422 valence electrons. The molecule has 0 N–H and O–H groups in total. The van der Waals surface area contributed by atoms with Crippen LogP contribution in [0.25, 0.3) is 61.0 Å². The van der Waals surface area contributed by atoms with Crippen molar-refractivity contribution in [2.45, 2.75) is 84.0 Å². The Morgan fingerprint density at radius 1 is 0.435 bits per heavy atom. The van der Waals surface area contributed by atoms with Crippen LogP contribution < -0.4 is 14.5 Å². The molecule has 0 fully saturated rings. The van der Waals surface area contributed by atoms with Crippen LogP contribution in [-0.2, 0) is 42.7 Å². The fraction of sp³-hybridized carbons (Fsp3) is 0.165. The van der Waals surface area contributed by atoms with Gasteiger partial charge in [0.25, 0.3) is 0 Å². The summed E-state index contributed by atoms with van der Waals surface area (Å²) in [5.41, 5.74) is 20.4. The van der Waals surface area contributed by atoms with Gasteiger partial charge in [-0.3, -0.25) is 0 Å². The third-order valence-corrected chi connectivity index (χ3v) is 17.3. The molecule has 1 aliphatic heterocycles. The van der Waals surface area contributed by atoms with Crippen molar-refractivity contribution in [3.8, 4) is 50.7 Å². The van der Waals surface area contributed by atoms with Gasteiger partial charge in [-0.15, -0.1) is 53.6 Å². The Kier molecular flexibility index (Phi) is 13.7. The van der Waals surface area contributed by atoms with Gasteiger partial charge in [0.2, 0.25) is 0 Å². The molecule has 1 aliphatic carbocycles. The summed E-state index contributed by atoms with van der Waals surface area (Å²) in [4.78, 5) is 9.72. The molecule has 5 nitrogen and oxygen atoms in total. The smallest absolute Gasteiger partial charge is 0.135 e. The van der Waals surface area contributed by atoms with Crippen molar-refractivity contribution in [1.82, 2.24) is 9.55 Å². The summed E-state index contributed by atoms with van der Waals surface area (Å²) in [6.07, 6.45) is 1.92. The minimum Gasteiger partial charge on any atom is -0.509 e. The molecule has 0 amide bonds. The molecule has 0 radical (unpaired) electrons. The summed E-state index contributed by atoms with van der Waals surface area (Å²) in [5.74, 6) is 1.97. The predicted octanol–water partition coefficient (Wildman–Crippen LogP) is 20.6. The van der Waals surface area contributed by atoms with Crippen LogP contribution in [0.15, 0.2) is 237 Å². The van der Waals surface area contributed by atoms with Crippen molar-refractivity contribution in [2.75, 3.05) is 9.80 Å². The summed E-state index contributed by atoms with van der Waals surface area (Å²) in [6.45, 7) is 22.8. The average Bonchev–Trinajstić information content (AvgIpc) is 1.61. The van der Waals surface area contributed by atoms with E-state index in [0.717, 1.165) is 83.8 Å². The molecule has 12 aromatic rings. The minimum absolute atomic E-state index is 0. The zero-order valence-corrected chi connectivity index (χ0v) is 51.9. The predicted molar refractivity (Wildman–Crippen MR) is 349 cm³/mol. The van der Waals surface area contributed by atoms with Gasteiger partial charge in [0.1, 0.15) is 5.82 Å². The topological polar surface area (TPSA) is 33.5 Å². The van der Waals surface area contributed by atoms with E-state index in [4.69, 9.17) is 9.72 Å². The molecule has 85 heavy (non-hydrogen) atoms. The Morgan fingerprint density at radius 2 is 1.00 bits per heavy atom. The van der Waals surface area contributed by atoms with E-state index in [1.54, 1.807) is 0 Å². The van der Waals surface area contributed by atoms with Crippen molar-refractivity contribution in [2.24, 2.45) is 0 Å². The first-order chi connectivity index (χ1) is 40.5. The Labute approximate surface area is 515 Å². The molecule has 2 aliphatic rings.